The lowest BCUT2D eigenvalue weighted by atomic mass is 10.00. The van der Waals surface area contributed by atoms with E-state index in [9.17, 15) is 39.5 Å². The lowest BCUT2D eigenvalue weighted by Gasteiger charge is -2.21. The zero-order valence-electron chi connectivity index (χ0n) is 20.9. The molecule has 0 aliphatic rings. The third kappa shape index (κ3) is 6.11. The van der Waals surface area contributed by atoms with Crippen molar-refractivity contribution < 1.29 is 44.3 Å². The lowest BCUT2D eigenvalue weighted by molar-refractivity contribution is -0.191. The van der Waals surface area contributed by atoms with Crippen LogP contribution in [0.5, 0.6) is 5.75 Å². The Bertz CT molecular complexity index is 1490. The topological polar surface area (TPSA) is 9.23 Å². The van der Waals surface area contributed by atoms with Crippen molar-refractivity contribution in [3.8, 4) is 16.9 Å². The summed E-state index contributed by atoms with van der Waals surface area (Å²) >= 11 is 0. The molecule has 0 saturated carbocycles. The Morgan fingerprint density at radius 1 is 0.575 bits per heavy atom. The van der Waals surface area contributed by atoms with Gasteiger partial charge in [-0.3, -0.25) is 0 Å². The van der Waals surface area contributed by atoms with Crippen LogP contribution in [0.15, 0.2) is 60.7 Å². The molecule has 0 atom stereocenters. The van der Waals surface area contributed by atoms with Crippen LogP contribution >= 0.6 is 0 Å². The molecule has 0 spiro atoms. The normalized spacial score (nSPS) is 11.7. The van der Waals surface area contributed by atoms with Crippen LogP contribution in [0.1, 0.15) is 35.6 Å². The summed E-state index contributed by atoms with van der Waals surface area (Å²) in [6.07, 6.45) is -3.63. The SMILES string of the molecule is CCCc1ccc(-c2cc(F)c(C(F)(F)Oc3ccc(CCc4cc(F)c(F)c(F)c4)c(F)c3F)c(F)c2)cc1. The minimum atomic E-state index is -4.73. The van der Waals surface area contributed by atoms with E-state index >= 15 is 0 Å². The van der Waals surface area contributed by atoms with Crippen molar-refractivity contribution in [2.45, 2.75) is 38.7 Å². The predicted octanol–water partition coefficient (Wildman–Crippen LogP) is 9.19. The number of ether oxygens (including phenoxy) is 1. The maximum absolute atomic E-state index is 14.8. The van der Waals surface area contributed by atoms with E-state index in [1.54, 1.807) is 24.3 Å². The zero-order valence-corrected chi connectivity index (χ0v) is 20.9. The summed E-state index contributed by atoms with van der Waals surface area (Å²) in [4.78, 5) is 0. The van der Waals surface area contributed by atoms with E-state index in [1.807, 2.05) is 6.92 Å². The summed E-state index contributed by atoms with van der Waals surface area (Å²) in [5.74, 6) is -12.7. The number of rotatable bonds is 9. The first-order valence-corrected chi connectivity index (χ1v) is 12.2. The highest BCUT2D eigenvalue weighted by molar-refractivity contribution is 5.64. The van der Waals surface area contributed by atoms with Crippen molar-refractivity contribution in [2.24, 2.45) is 0 Å². The maximum atomic E-state index is 14.8. The van der Waals surface area contributed by atoms with Crippen molar-refractivity contribution in [1.29, 1.82) is 0 Å². The number of hydrogen-bond donors (Lipinski definition) is 0. The monoisotopic (exact) mass is 568 g/mol. The van der Waals surface area contributed by atoms with Gasteiger partial charge in [0.2, 0.25) is 5.82 Å². The minimum absolute atomic E-state index is 0.0138. The van der Waals surface area contributed by atoms with Crippen LogP contribution in [0.25, 0.3) is 11.1 Å². The van der Waals surface area contributed by atoms with Gasteiger partial charge in [0.25, 0.3) is 0 Å². The van der Waals surface area contributed by atoms with Gasteiger partial charge in [0.05, 0.1) is 0 Å². The van der Waals surface area contributed by atoms with Crippen LogP contribution in [0.2, 0.25) is 0 Å². The van der Waals surface area contributed by atoms with Crippen LogP contribution in [0, 0.1) is 40.7 Å². The van der Waals surface area contributed by atoms with E-state index in [0.717, 1.165) is 24.5 Å². The van der Waals surface area contributed by atoms with E-state index < -0.39 is 58.1 Å². The van der Waals surface area contributed by atoms with E-state index in [0.29, 0.717) is 35.9 Å². The molecule has 0 unspecified atom stereocenters. The fourth-order valence-corrected chi connectivity index (χ4v) is 4.23. The van der Waals surface area contributed by atoms with Crippen molar-refractivity contribution in [2.75, 3.05) is 0 Å². The Morgan fingerprint density at radius 2 is 1.18 bits per heavy atom. The summed E-state index contributed by atoms with van der Waals surface area (Å²) in [5.41, 5.74) is -0.868. The van der Waals surface area contributed by atoms with Gasteiger partial charge in [-0.05, 0) is 77.4 Å². The standard InChI is InChI=1S/C30H21F9O/c1-2-3-16-4-7-18(8-5-16)20-14-21(31)26(22(32)15-20)30(38,39)40-25-11-10-19(27(35)29(25)37)9-6-17-12-23(33)28(36)24(34)13-17/h4-5,7-8,10-15H,2-3,6,9H2,1H3. The number of benzene rings is 4. The highest BCUT2D eigenvalue weighted by atomic mass is 19.3. The summed E-state index contributed by atoms with van der Waals surface area (Å²) in [5, 5.41) is 0. The first-order valence-electron chi connectivity index (χ1n) is 12.2. The average molecular weight is 568 g/mol. The Balaban J connectivity index is 1.54. The quantitative estimate of drug-likeness (QED) is 0.145. The second kappa shape index (κ2) is 11.7. The second-order valence-electron chi connectivity index (χ2n) is 9.10. The molecule has 0 heterocycles. The van der Waals surface area contributed by atoms with Gasteiger partial charge in [-0.25, -0.2) is 26.3 Å². The molecule has 1 nitrogen and oxygen atoms in total. The third-order valence-corrected chi connectivity index (χ3v) is 6.25. The molecule has 0 N–H and O–H groups in total. The lowest BCUT2D eigenvalue weighted by Crippen LogP contribution is -2.26. The van der Waals surface area contributed by atoms with Crippen molar-refractivity contribution in [3.05, 3.63) is 124 Å². The first-order chi connectivity index (χ1) is 18.9. The smallest absolute Gasteiger partial charge is 0.425 e. The molecule has 210 valence electrons. The summed E-state index contributed by atoms with van der Waals surface area (Å²) in [7, 11) is 0. The third-order valence-electron chi connectivity index (χ3n) is 6.25. The fraction of sp³-hybridized carbons (Fsp3) is 0.200. The number of halogens is 9. The van der Waals surface area contributed by atoms with Crippen LogP contribution in [0.3, 0.4) is 0 Å². The molecule has 0 radical (unpaired) electrons. The molecule has 10 heteroatoms. The van der Waals surface area contributed by atoms with Gasteiger partial charge in [-0.1, -0.05) is 43.7 Å². The Kier molecular flexibility index (Phi) is 8.46. The molecule has 0 amide bonds. The molecule has 40 heavy (non-hydrogen) atoms. The number of aryl methyl sites for hydroxylation is 3. The fourth-order valence-electron chi connectivity index (χ4n) is 4.23. The summed E-state index contributed by atoms with van der Waals surface area (Å²) in [6.45, 7) is 1.98. The number of alkyl halides is 2. The van der Waals surface area contributed by atoms with E-state index in [4.69, 9.17) is 0 Å². The maximum Gasteiger partial charge on any atom is 0.432 e. The predicted molar refractivity (Wildman–Crippen MR) is 130 cm³/mol. The highest BCUT2D eigenvalue weighted by Crippen LogP contribution is 2.38. The molecular weight excluding hydrogens is 547 g/mol. The average Bonchev–Trinajstić information content (AvgIpc) is 2.89. The van der Waals surface area contributed by atoms with Crippen LogP contribution in [0.4, 0.5) is 39.5 Å². The molecule has 0 aliphatic carbocycles. The van der Waals surface area contributed by atoms with Gasteiger partial charge in [-0.2, -0.15) is 13.2 Å². The molecule has 4 rings (SSSR count). The van der Waals surface area contributed by atoms with Crippen LogP contribution in [-0.4, -0.2) is 0 Å². The molecule has 0 aromatic heterocycles. The minimum Gasteiger partial charge on any atom is -0.425 e. The van der Waals surface area contributed by atoms with Crippen LogP contribution in [-0.2, 0) is 25.4 Å². The van der Waals surface area contributed by atoms with Crippen molar-refractivity contribution >= 4 is 0 Å². The van der Waals surface area contributed by atoms with Crippen LogP contribution < -0.4 is 4.74 Å². The number of hydrogen-bond acceptors (Lipinski definition) is 1. The van der Waals surface area contributed by atoms with Gasteiger partial charge in [0.1, 0.15) is 17.2 Å². The van der Waals surface area contributed by atoms with Gasteiger partial charge in [0.15, 0.2) is 29.0 Å². The molecule has 0 fully saturated rings. The Morgan fingerprint density at radius 3 is 1.75 bits per heavy atom. The van der Waals surface area contributed by atoms with Gasteiger partial charge < -0.3 is 4.74 Å². The zero-order chi connectivity index (χ0) is 29.2. The second-order valence-corrected chi connectivity index (χ2v) is 9.10. The van der Waals surface area contributed by atoms with Gasteiger partial charge >= 0.3 is 6.11 Å². The van der Waals surface area contributed by atoms with Crippen molar-refractivity contribution in [3.63, 3.8) is 0 Å². The Labute approximate surface area is 223 Å². The first kappa shape index (κ1) is 29.0. The van der Waals surface area contributed by atoms with Crippen molar-refractivity contribution in [1.82, 2.24) is 0 Å². The van der Waals surface area contributed by atoms with Gasteiger partial charge in [-0.15, -0.1) is 0 Å². The molecule has 0 saturated heterocycles. The summed E-state index contributed by atoms with van der Waals surface area (Å²) < 4.78 is 132. The molecule has 0 bridgehead atoms. The van der Waals surface area contributed by atoms with E-state index in [-0.39, 0.29) is 29.5 Å². The molecule has 4 aromatic rings. The Hall–Kier alpha value is -3.95. The van der Waals surface area contributed by atoms with E-state index in [2.05, 4.69) is 4.74 Å². The molecule has 4 aromatic carbocycles. The highest BCUT2D eigenvalue weighted by Gasteiger charge is 2.42. The van der Waals surface area contributed by atoms with Gasteiger partial charge in [0, 0.05) is 0 Å². The molecule has 0 aliphatic heterocycles. The summed E-state index contributed by atoms with van der Waals surface area (Å²) in [6, 6.07) is 10.9. The van der Waals surface area contributed by atoms with E-state index in [1.165, 1.54) is 0 Å². The molecular formula is C30H21F9O. The largest absolute Gasteiger partial charge is 0.432 e.